The van der Waals surface area contributed by atoms with E-state index in [1.54, 1.807) is 0 Å². The van der Waals surface area contributed by atoms with Crippen LogP contribution in [-0.4, -0.2) is 46.9 Å². The third-order valence-corrected chi connectivity index (χ3v) is 4.30. The summed E-state index contributed by atoms with van der Waals surface area (Å²) in [5, 5.41) is 15.9. The van der Waals surface area contributed by atoms with Crippen LogP contribution in [0.25, 0.3) is 10.4 Å². The van der Waals surface area contributed by atoms with E-state index in [4.69, 9.17) is 10.3 Å². The Hall–Kier alpha value is -2.93. The number of amides is 2. The molecule has 2 N–H and O–H groups in total. The highest BCUT2D eigenvalue weighted by molar-refractivity contribution is 5.69. The second-order valence-corrected chi connectivity index (χ2v) is 7.25. The molecule has 2 rings (SSSR count). The number of ether oxygens (including phenoxy) is 1. The highest BCUT2D eigenvalue weighted by atomic mass is 16.5. The van der Waals surface area contributed by atoms with Gasteiger partial charge < -0.3 is 20.1 Å². The average molecular weight is 361 g/mol. The lowest BCUT2D eigenvalue weighted by atomic mass is 9.82. The van der Waals surface area contributed by atoms with Crippen molar-refractivity contribution in [3.8, 4) is 0 Å². The van der Waals surface area contributed by atoms with E-state index >= 15 is 0 Å². The van der Waals surface area contributed by atoms with Crippen LogP contribution in [0.15, 0.2) is 35.4 Å². The van der Waals surface area contributed by atoms with Crippen LogP contribution in [0.1, 0.15) is 26.3 Å². The molecule has 1 unspecified atom stereocenters. The van der Waals surface area contributed by atoms with Crippen molar-refractivity contribution >= 4 is 12.2 Å². The normalized spacial score (nSPS) is 22.4. The van der Waals surface area contributed by atoms with E-state index in [1.807, 2.05) is 51.1 Å². The fourth-order valence-corrected chi connectivity index (χ4v) is 3.27. The molecule has 1 heterocycles. The molecule has 2 amide bonds. The smallest absolute Gasteiger partial charge is 0.407 e. The maximum atomic E-state index is 12.1. The van der Waals surface area contributed by atoms with Gasteiger partial charge in [0, 0.05) is 11.5 Å². The van der Waals surface area contributed by atoms with Crippen molar-refractivity contribution in [1.29, 1.82) is 0 Å². The molecule has 9 heteroatoms. The molecule has 1 aliphatic heterocycles. The van der Waals surface area contributed by atoms with Crippen LogP contribution >= 0.6 is 0 Å². The van der Waals surface area contributed by atoms with Gasteiger partial charge in [-0.3, -0.25) is 0 Å². The van der Waals surface area contributed by atoms with Crippen LogP contribution in [0.3, 0.4) is 0 Å². The van der Waals surface area contributed by atoms with Crippen molar-refractivity contribution in [2.45, 2.75) is 45.5 Å². The number of likely N-dealkylation sites (tertiary alicyclic amines) is 1. The lowest BCUT2D eigenvalue weighted by Crippen LogP contribution is -2.48. The predicted octanol–water partition coefficient (Wildman–Crippen LogP) is 3.37. The molecule has 1 saturated heterocycles. The lowest BCUT2D eigenvalue weighted by molar-refractivity contribution is 0.102. The van der Waals surface area contributed by atoms with Crippen molar-refractivity contribution < 1.29 is 19.4 Å². The van der Waals surface area contributed by atoms with Gasteiger partial charge in [-0.15, -0.1) is 0 Å². The summed E-state index contributed by atoms with van der Waals surface area (Å²) < 4.78 is 5.18. The molecule has 26 heavy (non-hydrogen) atoms. The summed E-state index contributed by atoms with van der Waals surface area (Å²) in [6, 6.07) is 7.25. The van der Waals surface area contributed by atoms with Gasteiger partial charge in [-0.1, -0.05) is 56.2 Å². The number of hydrogen-bond acceptors (Lipinski definition) is 4. The van der Waals surface area contributed by atoms with Gasteiger partial charge in [0.1, 0.15) is 6.61 Å². The Morgan fingerprint density at radius 1 is 1.38 bits per heavy atom. The van der Waals surface area contributed by atoms with Gasteiger partial charge in [-0.25, -0.2) is 9.59 Å². The highest BCUT2D eigenvalue weighted by Crippen LogP contribution is 2.35. The Morgan fingerprint density at radius 2 is 2.04 bits per heavy atom. The first-order valence-corrected chi connectivity index (χ1v) is 8.25. The number of rotatable bonds is 4. The van der Waals surface area contributed by atoms with E-state index in [2.05, 4.69) is 15.3 Å². The number of carbonyl (C=O) groups excluding carboxylic acids is 1. The number of nitrogens with zero attached hydrogens (tertiary/aromatic N) is 4. The first kappa shape index (κ1) is 19.4. The van der Waals surface area contributed by atoms with Crippen molar-refractivity contribution in [2.75, 3.05) is 6.54 Å². The predicted molar refractivity (Wildman–Crippen MR) is 94.5 cm³/mol. The largest absolute Gasteiger partial charge is 0.465 e. The third-order valence-electron chi connectivity index (χ3n) is 4.30. The number of benzene rings is 1. The number of alkyl carbamates (subject to hydrolysis) is 1. The number of nitrogens with one attached hydrogen (secondary N) is 1. The molecule has 0 saturated carbocycles. The molecule has 1 aromatic rings. The first-order valence-electron chi connectivity index (χ1n) is 8.25. The summed E-state index contributed by atoms with van der Waals surface area (Å²) in [6.07, 6.45) is -1.80. The number of hydrogen-bond donors (Lipinski definition) is 2. The van der Waals surface area contributed by atoms with Crippen molar-refractivity contribution in [3.05, 3.63) is 46.3 Å². The molecule has 0 bridgehead atoms. The van der Waals surface area contributed by atoms with Gasteiger partial charge in [-0.05, 0) is 16.5 Å². The van der Waals surface area contributed by atoms with Crippen LogP contribution in [-0.2, 0) is 11.3 Å². The summed E-state index contributed by atoms with van der Waals surface area (Å²) >= 11 is 0. The van der Waals surface area contributed by atoms with E-state index < -0.39 is 35.7 Å². The molecular formula is C17H23N5O4. The third kappa shape index (κ3) is 4.58. The minimum atomic E-state index is -1.12. The van der Waals surface area contributed by atoms with E-state index in [-0.39, 0.29) is 13.2 Å². The van der Waals surface area contributed by atoms with Gasteiger partial charge in [-0.2, -0.15) is 0 Å². The van der Waals surface area contributed by atoms with E-state index in [9.17, 15) is 14.7 Å². The van der Waals surface area contributed by atoms with Crippen molar-refractivity contribution in [3.63, 3.8) is 0 Å². The van der Waals surface area contributed by atoms with Gasteiger partial charge in [0.25, 0.3) is 0 Å². The topological polar surface area (TPSA) is 128 Å². The monoisotopic (exact) mass is 361 g/mol. The minimum absolute atomic E-state index is 0.0292. The molecule has 0 aliphatic carbocycles. The molecule has 140 valence electrons. The number of carbonyl (C=O) groups is 2. The molecule has 0 radical (unpaired) electrons. The summed E-state index contributed by atoms with van der Waals surface area (Å²) in [4.78, 5) is 27.8. The Bertz CT molecular complexity index is 697. The fraction of sp³-hybridized carbons (Fsp3) is 0.529. The molecular weight excluding hydrogens is 338 g/mol. The molecule has 0 aromatic heterocycles. The van der Waals surface area contributed by atoms with Crippen molar-refractivity contribution in [2.24, 2.45) is 10.5 Å². The fourth-order valence-electron chi connectivity index (χ4n) is 3.27. The molecule has 1 aromatic carbocycles. The first-order chi connectivity index (χ1) is 12.2. The summed E-state index contributed by atoms with van der Waals surface area (Å²) in [7, 11) is 0. The van der Waals surface area contributed by atoms with Gasteiger partial charge in [0.2, 0.25) is 0 Å². The minimum Gasteiger partial charge on any atom is -0.465 e. The molecule has 3 atom stereocenters. The molecule has 1 aliphatic rings. The van der Waals surface area contributed by atoms with E-state index in [0.717, 1.165) is 5.56 Å². The van der Waals surface area contributed by atoms with Crippen LogP contribution in [0.4, 0.5) is 9.59 Å². The Balaban J connectivity index is 2.10. The quantitative estimate of drug-likeness (QED) is 0.484. The average Bonchev–Trinajstić information content (AvgIpc) is 2.93. The van der Waals surface area contributed by atoms with Crippen LogP contribution in [0.2, 0.25) is 0 Å². The zero-order valence-corrected chi connectivity index (χ0v) is 15.0. The molecule has 9 nitrogen and oxygen atoms in total. The Labute approximate surface area is 151 Å². The number of azide groups is 1. The maximum Gasteiger partial charge on any atom is 0.407 e. The van der Waals surface area contributed by atoms with Crippen LogP contribution < -0.4 is 5.32 Å². The van der Waals surface area contributed by atoms with E-state index in [0.29, 0.717) is 0 Å². The van der Waals surface area contributed by atoms with Gasteiger partial charge in [0.15, 0.2) is 0 Å². The highest BCUT2D eigenvalue weighted by Gasteiger charge is 2.49. The summed E-state index contributed by atoms with van der Waals surface area (Å²) in [5.74, 6) is 0. The Morgan fingerprint density at radius 3 is 2.58 bits per heavy atom. The molecule has 0 spiro atoms. The van der Waals surface area contributed by atoms with Gasteiger partial charge in [0.05, 0.1) is 18.1 Å². The summed E-state index contributed by atoms with van der Waals surface area (Å²) in [6.45, 7) is 5.72. The zero-order valence-electron chi connectivity index (χ0n) is 15.0. The van der Waals surface area contributed by atoms with Crippen molar-refractivity contribution in [1.82, 2.24) is 10.2 Å². The lowest BCUT2D eigenvalue weighted by Gasteiger charge is -2.35. The van der Waals surface area contributed by atoms with Crippen LogP contribution in [0.5, 0.6) is 0 Å². The SMILES string of the molecule is CC(C)(C)C1[C@@H](N=[N+]=[N-])[C@H](NC(=O)OCc2ccccc2)CN1C(=O)O. The summed E-state index contributed by atoms with van der Waals surface area (Å²) in [5.41, 5.74) is 9.25. The standard InChI is InChI=1S/C17H23N5O4/c1-17(2,3)14-13(20-21-18)12(9-22(14)16(24)25)19-15(23)26-10-11-7-5-4-6-8-11/h4-8,12-14H,9-10H2,1-3H3,(H,19,23)(H,24,25)/t12-,13+,14?/m1/s1. The van der Waals surface area contributed by atoms with Crippen LogP contribution in [0, 0.1) is 5.41 Å². The Kier molecular flexibility index (Phi) is 5.94. The second kappa shape index (κ2) is 7.97. The number of carboxylic acid groups (broad SMARTS) is 1. The maximum absolute atomic E-state index is 12.1. The second-order valence-electron chi connectivity index (χ2n) is 7.25. The zero-order chi connectivity index (χ0) is 19.3. The van der Waals surface area contributed by atoms with Gasteiger partial charge >= 0.3 is 12.2 Å². The van der Waals surface area contributed by atoms with E-state index in [1.165, 1.54) is 4.90 Å². The molecule has 1 fully saturated rings.